The van der Waals surface area contributed by atoms with Crippen molar-refractivity contribution in [1.29, 1.82) is 0 Å². The molecule has 0 radical (unpaired) electrons. The third kappa shape index (κ3) is 3.80. The molecule has 0 saturated carbocycles. The van der Waals surface area contributed by atoms with Crippen LogP contribution >= 0.6 is 11.6 Å². The van der Waals surface area contributed by atoms with Gasteiger partial charge in [0.2, 0.25) is 15.3 Å². The van der Waals surface area contributed by atoms with Crippen molar-refractivity contribution >= 4 is 33.1 Å². The monoisotopic (exact) mass is 298 g/mol. The summed E-state index contributed by atoms with van der Waals surface area (Å²) in [6, 6.07) is 8.18. The van der Waals surface area contributed by atoms with Gasteiger partial charge in [-0.25, -0.2) is 13.4 Å². The summed E-state index contributed by atoms with van der Waals surface area (Å²) in [4.78, 5) is 7.42. The number of nitrogens with zero attached hydrogens (tertiary/aromatic N) is 2. The summed E-state index contributed by atoms with van der Waals surface area (Å²) in [5.41, 5.74) is 6.65. The van der Waals surface area contributed by atoms with Gasteiger partial charge in [0.25, 0.3) is 0 Å². The minimum absolute atomic E-state index is 0.0283. The predicted octanol–water partition coefficient (Wildman–Crippen LogP) is 1.65. The third-order valence-corrected chi connectivity index (χ3v) is 3.68. The molecule has 1 aromatic heterocycles. The Kier molecular flexibility index (Phi) is 3.87. The van der Waals surface area contributed by atoms with Crippen molar-refractivity contribution < 1.29 is 8.42 Å². The van der Waals surface area contributed by atoms with E-state index >= 15 is 0 Å². The van der Waals surface area contributed by atoms with E-state index in [0.717, 1.165) is 0 Å². The highest BCUT2D eigenvalue weighted by molar-refractivity contribution is 7.91. The number of sulfonamides is 1. The van der Waals surface area contributed by atoms with Crippen LogP contribution in [0.5, 0.6) is 0 Å². The molecule has 3 N–H and O–H groups in total. The number of nitrogen functional groups attached to an aromatic ring is 1. The summed E-state index contributed by atoms with van der Waals surface area (Å²) < 4.78 is 26.2. The third-order valence-electron chi connectivity index (χ3n) is 2.29. The van der Waals surface area contributed by atoms with Crippen LogP contribution in [-0.4, -0.2) is 18.4 Å². The number of halogens is 1. The van der Waals surface area contributed by atoms with Crippen molar-refractivity contribution in [3.63, 3.8) is 0 Å². The number of aromatic nitrogens is 2. The molecule has 100 valence electrons. The van der Waals surface area contributed by atoms with Gasteiger partial charge in [0.05, 0.1) is 5.75 Å². The van der Waals surface area contributed by atoms with Gasteiger partial charge in [-0.1, -0.05) is 18.2 Å². The van der Waals surface area contributed by atoms with Crippen molar-refractivity contribution in [2.75, 3.05) is 10.5 Å². The molecule has 0 aliphatic carbocycles. The summed E-state index contributed by atoms with van der Waals surface area (Å²) in [6.07, 6.45) is 1.37. The topological polar surface area (TPSA) is 98.0 Å². The molecule has 0 aliphatic rings. The lowest BCUT2D eigenvalue weighted by molar-refractivity contribution is 0.600. The van der Waals surface area contributed by atoms with E-state index < -0.39 is 10.0 Å². The highest BCUT2D eigenvalue weighted by atomic mass is 35.5. The predicted molar refractivity (Wildman–Crippen MR) is 74.1 cm³/mol. The highest BCUT2D eigenvalue weighted by Crippen LogP contribution is 2.16. The second kappa shape index (κ2) is 5.41. The molecule has 8 heteroatoms. The summed E-state index contributed by atoms with van der Waals surface area (Å²) in [5.74, 6) is -0.115. The minimum atomic E-state index is -3.61. The van der Waals surface area contributed by atoms with Gasteiger partial charge in [0, 0.05) is 11.9 Å². The van der Waals surface area contributed by atoms with Crippen LogP contribution in [0.25, 0.3) is 0 Å². The summed E-state index contributed by atoms with van der Waals surface area (Å²) in [6.45, 7) is 0. The van der Waals surface area contributed by atoms with Crippen LogP contribution in [0.4, 0.5) is 11.5 Å². The maximum Gasteiger partial charge on any atom is 0.238 e. The van der Waals surface area contributed by atoms with E-state index in [1.165, 1.54) is 12.3 Å². The zero-order valence-corrected chi connectivity index (χ0v) is 11.3. The van der Waals surface area contributed by atoms with E-state index in [4.69, 9.17) is 17.3 Å². The molecule has 0 fully saturated rings. The van der Waals surface area contributed by atoms with Crippen LogP contribution in [0, 0.1) is 0 Å². The molecule has 0 aliphatic heterocycles. The first-order valence-electron chi connectivity index (χ1n) is 5.29. The quantitative estimate of drug-likeness (QED) is 0.660. The van der Waals surface area contributed by atoms with Crippen molar-refractivity contribution in [2.24, 2.45) is 0 Å². The molecular weight excluding hydrogens is 288 g/mol. The second-order valence-corrected chi connectivity index (χ2v) is 5.83. The lowest BCUT2D eigenvalue weighted by Gasteiger charge is -2.08. The number of hydrogen-bond acceptors (Lipinski definition) is 5. The summed E-state index contributed by atoms with van der Waals surface area (Å²) in [5, 5.41) is -0.0283. The molecule has 0 atom stereocenters. The van der Waals surface area contributed by atoms with Crippen LogP contribution in [-0.2, 0) is 15.8 Å². The van der Waals surface area contributed by atoms with Crippen LogP contribution in [0.15, 0.2) is 36.5 Å². The molecule has 1 heterocycles. The van der Waals surface area contributed by atoms with Crippen LogP contribution < -0.4 is 10.5 Å². The minimum Gasteiger partial charge on any atom is -0.398 e. The van der Waals surface area contributed by atoms with E-state index in [1.54, 1.807) is 24.3 Å². The Morgan fingerprint density at radius 2 is 2.00 bits per heavy atom. The van der Waals surface area contributed by atoms with Gasteiger partial charge in [-0.2, -0.15) is 4.98 Å². The van der Waals surface area contributed by atoms with Crippen molar-refractivity contribution in [3.8, 4) is 0 Å². The molecule has 0 unspecified atom stereocenters. The lowest BCUT2D eigenvalue weighted by atomic mass is 10.2. The zero-order chi connectivity index (χ0) is 13.9. The molecular formula is C11H11ClN4O2S. The maximum absolute atomic E-state index is 12.0. The number of hydrogen-bond donors (Lipinski definition) is 2. The Labute approximate surface area is 115 Å². The van der Waals surface area contributed by atoms with Crippen molar-refractivity contribution in [2.45, 2.75) is 5.75 Å². The van der Waals surface area contributed by atoms with Gasteiger partial charge < -0.3 is 5.73 Å². The first-order valence-corrected chi connectivity index (χ1v) is 7.32. The number of benzene rings is 1. The fourth-order valence-electron chi connectivity index (χ4n) is 1.46. The summed E-state index contributed by atoms with van der Waals surface area (Å²) >= 11 is 5.58. The smallest absolute Gasteiger partial charge is 0.238 e. The SMILES string of the molecule is Nc1ccccc1CS(=O)(=O)Nc1ccnc(Cl)n1. The van der Waals surface area contributed by atoms with E-state index in [2.05, 4.69) is 14.7 Å². The van der Waals surface area contributed by atoms with Crippen molar-refractivity contribution in [3.05, 3.63) is 47.4 Å². The highest BCUT2D eigenvalue weighted by Gasteiger charge is 2.14. The number of nitrogens with two attached hydrogens (primary N) is 1. The van der Waals surface area contributed by atoms with Crippen LogP contribution in [0.2, 0.25) is 5.28 Å². The number of nitrogens with one attached hydrogen (secondary N) is 1. The average Bonchev–Trinajstić information content (AvgIpc) is 2.31. The number of para-hydroxylation sites is 1. The molecule has 1 aromatic carbocycles. The largest absolute Gasteiger partial charge is 0.398 e. The number of rotatable bonds is 4. The van der Waals surface area contributed by atoms with E-state index in [0.29, 0.717) is 11.3 Å². The fraction of sp³-hybridized carbons (Fsp3) is 0.0909. The normalized spacial score (nSPS) is 11.2. The summed E-state index contributed by atoms with van der Waals surface area (Å²) in [7, 11) is -3.61. The average molecular weight is 299 g/mol. The van der Waals surface area contributed by atoms with E-state index in [-0.39, 0.29) is 16.9 Å². The molecule has 19 heavy (non-hydrogen) atoms. The fourth-order valence-corrected chi connectivity index (χ4v) is 2.78. The van der Waals surface area contributed by atoms with Crippen LogP contribution in [0.1, 0.15) is 5.56 Å². The van der Waals surface area contributed by atoms with Gasteiger partial charge in [0.1, 0.15) is 5.82 Å². The van der Waals surface area contributed by atoms with E-state index in [1.807, 2.05) is 0 Å². The Morgan fingerprint density at radius 1 is 1.26 bits per heavy atom. The molecule has 6 nitrogen and oxygen atoms in total. The van der Waals surface area contributed by atoms with Crippen molar-refractivity contribution in [1.82, 2.24) is 9.97 Å². The molecule has 0 amide bonds. The number of anilines is 2. The van der Waals surface area contributed by atoms with Gasteiger partial charge in [-0.15, -0.1) is 0 Å². The Balaban J connectivity index is 2.18. The lowest BCUT2D eigenvalue weighted by Crippen LogP contribution is -2.16. The van der Waals surface area contributed by atoms with Gasteiger partial charge >= 0.3 is 0 Å². The first kappa shape index (κ1) is 13.6. The Bertz CT molecular complexity index is 691. The zero-order valence-electron chi connectivity index (χ0n) is 9.75. The molecule has 2 aromatic rings. The molecule has 0 saturated heterocycles. The maximum atomic E-state index is 12.0. The Morgan fingerprint density at radius 3 is 2.68 bits per heavy atom. The molecule has 0 spiro atoms. The van der Waals surface area contributed by atoms with Crippen LogP contribution in [0.3, 0.4) is 0 Å². The second-order valence-electron chi connectivity index (χ2n) is 3.77. The molecule has 2 rings (SSSR count). The van der Waals surface area contributed by atoms with Gasteiger partial charge in [0.15, 0.2) is 0 Å². The van der Waals surface area contributed by atoms with Gasteiger partial charge in [-0.3, -0.25) is 4.72 Å². The van der Waals surface area contributed by atoms with E-state index in [9.17, 15) is 8.42 Å². The standard InChI is InChI=1S/C11H11ClN4O2S/c12-11-14-6-5-10(15-11)16-19(17,18)7-8-3-1-2-4-9(8)13/h1-6H,7,13H2,(H,14,15,16). The first-order chi connectivity index (χ1) is 8.96. The Hall–Kier alpha value is -1.86. The van der Waals surface area contributed by atoms with Gasteiger partial charge in [-0.05, 0) is 29.3 Å². The molecule has 0 bridgehead atoms.